The molecule has 2 nitrogen and oxygen atoms in total. The monoisotopic (exact) mass is 220 g/mol. The van der Waals surface area contributed by atoms with Crippen molar-refractivity contribution in [3.63, 3.8) is 0 Å². The summed E-state index contributed by atoms with van der Waals surface area (Å²) in [5.41, 5.74) is 1.26. The SMILES string of the molecule is CCCC[C@@H](COC(C)=O)c1ccccc1. The van der Waals surface area contributed by atoms with Crippen molar-refractivity contribution < 1.29 is 9.53 Å². The van der Waals surface area contributed by atoms with Crippen LogP contribution < -0.4 is 0 Å². The lowest BCUT2D eigenvalue weighted by Gasteiger charge is -2.16. The molecule has 1 aromatic carbocycles. The summed E-state index contributed by atoms with van der Waals surface area (Å²) in [6.45, 7) is 4.13. The molecular formula is C14H20O2. The van der Waals surface area contributed by atoms with Gasteiger partial charge >= 0.3 is 5.97 Å². The smallest absolute Gasteiger partial charge is 0.302 e. The average molecular weight is 220 g/mol. The molecule has 0 aliphatic rings. The van der Waals surface area contributed by atoms with Gasteiger partial charge in [0.15, 0.2) is 0 Å². The van der Waals surface area contributed by atoms with E-state index in [0.29, 0.717) is 12.5 Å². The van der Waals surface area contributed by atoms with Crippen LogP contribution in [0.1, 0.15) is 44.6 Å². The Morgan fingerprint density at radius 2 is 2.00 bits per heavy atom. The average Bonchev–Trinajstić information content (AvgIpc) is 2.30. The maximum atomic E-state index is 10.8. The van der Waals surface area contributed by atoms with Gasteiger partial charge in [0.05, 0.1) is 6.61 Å². The minimum absolute atomic E-state index is 0.197. The largest absolute Gasteiger partial charge is 0.465 e. The molecule has 0 bridgehead atoms. The predicted octanol–water partition coefficient (Wildman–Crippen LogP) is 3.52. The van der Waals surface area contributed by atoms with E-state index in [1.807, 2.05) is 18.2 Å². The second-order valence-electron chi connectivity index (χ2n) is 4.05. The highest BCUT2D eigenvalue weighted by Gasteiger charge is 2.12. The highest BCUT2D eigenvalue weighted by atomic mass is 16.5. The van der Waals surface area contributed by atoms with Crippen molar-refractivity contribution in [1.29, 1.82) is 0 Å². The number of ether oxygens (including phenoxy) is 1. The summed E-state index contributed by atoms with van der Waals surface area (Å²) < 4.78 is 5.12. The lowest BCUT2D eigenvalue weighted by Crippen LogP contribution is -2.10. The topological polar surface area (TPSA) is 26.3 Å². The first-order valence-corrected chi connectivity index (χ1v) is 5.92. The molecule has 0 aromatic heterocycles. The molecule has 0 unspecified atom stereocenters. The van der Waals surface area contributed by atoms with Gasteiger partial charge in [-0.05, 0) is 12.0 Å². The van der Waals surface area contributed by atoms with Crippen molar-refractivity contribution in [3.05, 3.63) is 35.9 Å². The summed E-state index contributed by atoms with van der Waals surface area (Å²) in [6, 6.07) is 10.3. The minimum Gasteiger partial charge on any atom is -0.465 e. The molecule has 0 aliphatic heterocycles. The molecule has 0 heterocycles. The van der Waals surface area contributed by atoms with Gasteiger partial charge in [-0.2, -0.15) is 0 Å². The van der Waals surface area contributed by atoms with E-state index >= 15 is 0 Å². The van der Waals surface area contributed by atoms with Gasteiger partial charge in [-0.1, -0.05) is 50.1 Å². The van der Waals surface area contributed by atoms with E-state index < -0.39 is 0 Å². The van der Waals surface area contributed by atoms with Crippen molar-refractivity contribution >= 4 is 5.97 Å². The van der Waals surface area contributed by atoms with E-state index in [1.165, 1.54) is 25.3 Å². The summed E-state index contributed by atoms with van der Waals surface area (Å²) in [7, 11) is 0. The number of hydrogen-bond acceptors (Lipinski definition) is 2. The van der Waals surface area contributed by atoms with E-state index in [-0.39, 0.29) is 5.97 Å². The first kappa shape index (κ1) is 12.8. The predicted molar refractivity (Wildman–Crippen MR) is 65.3 cm³/mol. The van der Waals surface area contributed by atoms with Crippen molar-refractivity contribution in [3.8, 4) is 0 Å². The van der Waals surface area contributed by atoms with Gasteiger partial charge < -0.3 is 4.74 Å². The molecule has 0 amide bonds. The van der Waals surface area contributed by atoms with Crippen LogP contribution >= 0.6 is 0 Å². The van der Waals surface area contributed by atoms with Gasteiger partial charge in [-0.25, -0.2) is 0 Å². The van der Waals surface area contributed by atoms with Crippen molar-refractivity contribution in [1.82, 2.24) is 0 Å². The minimum atomic E-state index is -0.197. The van der Waals surface area contributed by atoms with Crippen LogP contribution in [0.3, 0.4) is 0 Å². The van der Waals surface area contributed by atoms with Crippen LogP contribution in [0.4, 0.5) is 0 Å². The highest BCUT2D eigenvalue weighted by molar-refractivity contribution is 5.65. The van der Waals surface area contributed by atoms with Crippen LogP contribution in [-0.2, 0) is 9.53 Å². The number of carbonyl (C=O) groups is 1. The summed E-state index contributed by atoms with van der Waals surface area (Å²) in [5.74, 6) is 0.141. The molecule has 88 valence electrons. The Balaban J connectivity index is 2.59. The zero-order valence-electron chi connectivity index (χ0n) is 10.1. The fourth-order valence-electron chi connectivity index (χ4n) is 1.74. The number of esters is 1. The first-order chi connectivity index (χ1) is 7.74. The molecule has 0 N–H and O–H groups in total. The molecule has 1 aromatic rings. The second kappa shape index (κ2) is 7.04. The normalized spacial score (nSPS) is 12.1. The summed E-state index contributed by atoms with van der Waals surface area (Å²) in [6.07, 6.45) is 3.41. The van der Waals surface area contributed by atoms with Crippen molar-refractivity contribution in [2.24, 2.45) is 0 Å². The maximum absolute atomic E-state index is 10.8. The standard InChI is InChI=1S/C14H20O2/c1-3-4-8-14(11-16-12(2)15)13-9-6-5-7-10-13/h5-7,9-10,14H,3-4,8,11H2,1-2H3/t14-/m0/s1. The van der Waals surface area contributed by atoms with E-state index in [2.05, 4.69) is 19.1 Å². The molecule has 0 saturated heterocycles. The van der Waals surface area contributed by atoms with Gasteiger partial charge in [0.25, 0.3) is 0 Å². The lowest BCUT2D eigenvalue weighted by molar-refractivity contribution is -0.141. The molecule has 0 fully saturated rings. The van der Waals surface area contributed by atoms with Crippen LogP contribution in [0, 0.1) is 0 Å². The Morgan fingerprint density at radius 1 is 1.31 bits per heavy atom. The van der Waals surface area contributed by atoms with Gasteiger partial charge in [0, 0.05) is 12.8 Å². The van der Waals surface area contributed by atoms with E-state index in [4.69, 9.17) is 4.74 Å². The van der Waals surface area contributed by atoms with E-state index in [9.17, 15) is 4.79 Å². The molecule has 2 heteroatoms. The molecule has 0 radical (unpaired) electrons. The van der Waals surface area contributed by atoms with Crippen LogP contribution in [0.15, 0.2) is 30.3 Å². The number of rotatable bonds is 6. The number of carbonyl (C=O) groups excluding carboxylic acids is 1. The van der Waals surface area contributed by atoms with E-state index in [0.717, 1.165) is 6.42 Å². The van der Waals surface area contributed by atoms with Gasteiger partial charge in [-0.3, -0.25) is 4.79 Å². The Morgan fingerprint density at radius 3 is 2.56 bits per heavy atom. The maximum Gasteiger partial charge on any atom is 0.302 e. The van der Waals surface area contributed by atoms with Crippen molar-refractivity contribution in [2.75, 3.05) is 6.61 Å². The van der Waals surface area contributed by atoms with Crippen LogP contribution in [0.2, 0.25) is 0 Å². The third-order valence-corrected chi connectivity index (χ3v) is 2.66. The molecule has 16 heavy (non-hydrogen) atoms. The molecule has 1 atom stereocenters. The Labute approximate surface area is 97.6 Å². The fraction of sp³-hybridized carbons (Fsp3) is 0.500. The molecule has 1 rings (SSSR count). The summed E-state index contributed by atoms with van der Waals surface area (Å²) in [4.78, 5) is 10.8. The van der Waals surface area contributed by atoms with Gasteiger partial charge in [0.1, 0.15) is 0 Å². The van der Waals surface area contributed by atoms with Gasteiger partial charge in [-0.15, -0.1) is 0 Å². The van der Waals surface area contributed by atoms with Crippen molar-refractivity contribution in [2.45, 2.75) is 39.0 Å². The number of unbranched alkanes of at least 4 members (excludes halogenated alkanes) is 1. The third kappa shape index (κ3) is 4.47. The Bertz CT molecular complexity index is 306. The Kier molecular flexibility index (Phi) is 5.62. The summed E-state index contributed by atoms with van der Waals surface area (Å²) in [5, 5.41) is 0. The quantitative estimate of drug-likeness (QED) is 0.686. The fourth-order valence-corrected chi connectivity index (χ4v) is 1.74. The Hall–Kier alpha value is -1.31. The lowest BCUT2D eigenvalue weighted by atomic mass is 9.94. The zero-order chi connectivity index (χ0) is 11.8. The highest BCUT2D eigenvalue weighted by Crippen LogP contribution is 2.22. The third-order valence-electron chi connectivity index (χ3n) is 2.66. The number of hydrogen-bond donors (Lipinski definition) is 0. The van der Waals surface area contributed by atoms with Gasteiger partial charge in [0.2, 0.25) is 0 Å². The molecule has 0 aliphatic carbocycles. The summed E-state index contributed by atoms with van der Waals surface area (Å²) >= 11 is 0. The molecular weight excluding hydrogens is 200 g/mol. The van der Waals surface area contributed by atoms with Crippen LogP contribution in [0.25, 0.3) is 0 Å². The van der Waals surface area contributed by atoms with Crippen LogP contribution in [-0.4, -0.2) is 12.6 Å². The first-order valence-electron chi connectivity index (χ1n) is 5.92. The molecule has 0 saturated carbocycles. The number of benzene rings is 1. The van der Waals surface area contributed by atoms with E-state index in [1.54, 1.807) is 0 Å². The zero-order valence-corrected chi connectivity index (χ0v) is 10.1. The molecule has 0 spiro atoms. The second-order valence-corrected chi connectivity index (χ2v) is 4.05. The van der Waals surface area contributed by atoms with Crippen LogP contribution in [0.5, 0.6) is 0 Å².